The molecule has 0 saturated heterocycles. The van der Waals surface area contributed by atoms with Gasteiger partial charge in [0.25, 0.3) is 0 Å². The first kappa shape index (κ1) is 33.5. The molecule has 0 aliphatic carbocycles. The lowest BCUT2D eigenvalue weighted by molar-refractivity contribution is 1.31. The second-order valence-electron chi connectivity index (χ2n) is 14.5. The van der Waals surface area contributed by atoms with Gasteiger partial charge in [0, 0.05) is 51.7 Å². The molecule has 0 aliphatic heterocycles. The first-order chi connectivity index (χ1) is 28.2. The van der Waals surface area contributed by atoms with Gasteiger partial charge in [-0.3, -0.25) is 0 Å². The molecule has 268 valence electrons. The van der Waals surface area contributed by atoms with E-state index in [0.717, 1.165) is 11.4 Å². The second-order valence-corrected chi connectivity index (χ2v) is 16.6. The molecule has 0 N–H and O–H groups in total. The summed E-state index contributed by atoms with van der Waals surface area (Å²) in [4.78, 5) is 2.49. The molecule has 0 spiro atoms. The van der Waals surface area contributed by atoms with Gasteiger partial charge in [-0.05, 0) is 93.0 Å². The van der Waals surface area contributed by atoms with Gasteiger partial charge in [-0.1, -0.05) is 164 Å². The zero-order valence-electron chi connectivity index (χ0n) is 31.0. The summed E-state index contributed by atoms with van der Waals surface area (Å²) in [7, 11) is 0. The minimum absolute atomic E-state index is 1.12. The molecule has 1 nitrogen and oxygen atoms in total. The van der Waals surface area contributed by atoms with E-state index in [9.17, 15) is 0 Å². The lowest BCUT2D eigenvalue weighted by atomic mass is 9.98. The van der Waals surface area contributed by atoms with Crippen molar-refractivity contribution >= 4 is 80.1 Å². The molecule has 0 fully saturated rings. The summed E-state index contributed by atoms with van der Waals surface area (Å²) in [6, 6.07) is 77.6. The maximum Gasteiger partial charge on any atom is 0.0555 e. The van der Waals surface area contributed by atoms with E-state index in [4.69, 9.17) is 0 Å². The standard InChI is InChI=1S/C54H35NS2/c1-5-14-36(15-6-1)40-22-13-23-43(32-40)55(44-26-31-50-48(35-44)46-27-24-41(33-51(46)56-50)37-16-7-2-8-17-37)49-30-29-45(39-20-11-4-12-21-39)54-53(49)47-28-25-42(34-52(47)57-54)38-18-9-3-10-19-38/h1-35H. The molecule has 0 unspecified atom stereocenters. The van der Waals surface area contributed by atoms with Crippen molar-refractivity contribution in [3.8, 4) is 44.5 Å². The Kier molecular flexibility index (Phi) is 8.28. The summed E-state index contributed by atoms with van der Waals surface area (Å²) >= 11 is 3.76. The van der Waals surface area contributed by atoms with Crippen molar-refractivity contribution in [1.82, 2.24) is 0 Å². The minimum Gasteiger partial charge on any atom is -0.310 e. The van der Waals surface area contributed by atoms with E-state index in [-0.39, 0.29) is 0 Å². The molecule has 2 heterocycles. The molecular weight excluding hydrogens is 727 g/mol. The number of fused-ring (bicyclic) bond motifs is 6. The summed E-state index contributed by atoms with van der Waals surface area (Å²) in [5.41, 5.74) is 13.2. The fraction of sp³-hybridized carbons (Fsp3) is 0. The predicted molar refractivity (Wildman–Crippen MR) is 249 cm³/mol. The van der Waals surface area contributed by atoms with Crippen LogP contribution in [-0.4, -0.2) is 0 Å². The molecule has 3 heteroatoms. The van der Waals surface area contributed by atoms with Crippen LogP contribution in [-0.2, 0) is 0 Å². The van der Waals surface area contributed by atoms with Gasteiger partial charge in [0.05, 0.1) is 5.69 Å². The summed E-state index contributed by atoms with van der Waals surface area (Å²) < 4.78 is 5.16. The number of hydrogen-bond acceptors (Lipinski definition) is 3. The van der Waals surface area contributed by atoms with Crippen LogP contribution in [0.4, 0.5) is 17.1 Å². The maximum absolute atomic E-state index is 2.49. The van der Waals surface area contributed by atoms with Crippen LogP contribution in [0.5, 0.6) is 0 Å². The lowest BCUT2D eigenvalue weighted by Crippen LogP contribution is -2.10. The fourth-order valence-electron chi connectivity index (χ4n) is 8.30. The summed E-state index contributed by atoms with van der Waals surface area (Å²) in [6.45, 7) is 0. The molecule has 57 heavy (non-hydrogen) atoms. The van der Waals surface area contributed by atoms with Crippen molar-refractivity contribution in [3.63, 3.8) is 0 Å². The Labute approximate surface area is 340 Å². The number of rotatable bonds is 7. The first-order valence-electron chi connectivity index (χ1n) is 19.3. The monoisotopic (exact) mass is 761 g/mol. The zero-order valence-corrected chi connectivity index (χ0v) is 32.6. The van der Waals surface area contributed by atoms with Crippen LogP contribution >= 0.6 is 22.7 Å². The van der Waals surface area contributed by atoms with Crippen molar-refractivity contribution in [3.05, 3.63) is 212 Å². The Morgan fingerprint density at radius 3 is 1.46 bits per heavy atom. The minimum atomic E-state index is 1.12. The van der Waals surface area contributed by atoms with Crippen molar-refractivity contribution < 1.29 is 0 Å². The smallest absolute Gasteiger partial charge is 0.0555 e. The second kappa shape index (κ2) is 14.1. The number of anilines is 3. The van der Waals surface area contributed by atoms with Gasteiger partial charge >= 0.3 is 0 Å². The van der Waals surface area contributed by atoms with Gasteiger partial charge in [0.2, 0.25) is 0 Å². The van der Waals surface area contributed by atoms with Crippen LogP contribution in [0.25, 0.3) is 84.9 Å². The fourth-order valence-corrected chi connectivity index (χ4v) is 10.7. The normalized spacial score (nSPS) is 11.5. The van der Waals surface area contributed by atoms with Crippen molar-refractivity contribution in [2.45, 2.75) is 0 Å². The molecule has 9 aromatic carbocycles. The van der Waals surface area contributed by atoms with Crippen molar-refractivity contribution in [1.29, 1.82) is 0 Å². The summed E-state index contributed by atoms with van der Waals surface area (Å²) in [5.74, 6) is 0. The molecule has 0 amide bonds. The summed E-state index contributed by atoms with van der Waals surface area (Å²) in [6.07, 6.45) is 0. The Bertz CT molecular complexity index is 3220. The van der Waals surface area contributed by atoms with Crippen LogP contribution < -0.4 is 4.90 Å². The highest BCUT2D eigenvalue weighted by atomic mass is 32.1. The molecular formula is C54H35NS2. The SMILES string of the molecule is c1ccc(-c2cccc(N(c3ccc4sc5cc(-c6ccccc6)ccc5c4c3)c3ccc(-c4ccccc4)c4sc5cc(-c6ccccc6)ccc5c34)c2)cc1. The molecule has 11 aromatic rings. The topological polar surface area (TPSA) is 3.24 Å². The molecule has 0 radical (unpaired) electrons. The third-order valence-corrected chi connectivity index (χ3v) is 13.4. The molecule has 0 bridgehead atoms. The third kappa shape index (κ3) is 6.00. The van der Waals surface area contributed by atoms with Gasteiger partial charge in [0.15, 0.2) is 0 Å². The molecule has 11 rings (SSSR count). The lowest BCUT2D eigenvalue weighted by Gasteiger charge is -2.27. The molecule has 0 saturated carbocycles. The largest absolute Gasteiger partial charge is 0.310 e. The highest BCUT2D eigenvalue weighted by Crippen LogP contribution is 2.50. The van der Waals surface area contributed by atoms with Crippen molar-refractivity contribution in [2.75, 3.05) is 4.90 Å². The van der Waals surface area contributed by atoms with E-state index >= 15 is 0 Å². The van der Waals surface area contributed by atoms with Crippen LogP contribution in [0.2, 0.25) is 0 Å². The van der Waals surface area contributed by atoms with Gasteiger partial charge in [-0.2, -0.15) is 0 Å². The quantitative estimate of drug-likeness (QED) is 0.156. The Balaban J connectivity index is 1.16. The van der Waals surface area contributed by atoms with Gasteiger partial charge < -0.3 is 4.90 Å². The Morgan fingerprint density at radius 2 is 0.825 bits per heavy atom. The number of benzene rings is 9. The van der Waals surface area contributed by atoms with Gasteiger partial charge in [0.1, 0.15) is 0 Å². The third-order valence-electron chi connectivity index (χ3n) is 11.1. The van der Waals surface area contributed by atoms with Crippen LogP contribution in [0.15, 0.2) is 212 Å². The van der Waals surface area contributed by atoms with E-state index in [1.54, 1.807) is 0 Å². The highest BCUT2D eigenvalue weighted by molar-refractivity contribution is 7.26. The van der Waals surface area contributed by atoms with Gasteiger partial charge in [-0.25, -0.2) is 0 Å². The number of thiophene rings is 2. The van der Waals surface area contributed by atoms with Crippen LogP contribution in [0.3, 0.4) is 0 Å². The van der Waals surface area contributed by atoms with E-state index in [2.05, 4.69) is 217 Å². The van der Waals surface area contributed by atoms with Gasteiger partial charge in [-0.15, -0.1) is 22.7 Å². The van der Waals surface area contributed by atoms with Crippen LogP contribution in [0.1, 0.15) is 0 Å². The average Bonchev–Trinajstić information content (AvgIpc) is 3.86. The summed E-state index contributed by atoms with van der Waals surface area (Å²) in [5, 5.41) is 5.09. The molecule has 2 aromatic heterocycles. The van der Waals surface area contributed by atoms with Crippen molar-refractivity contribution in [2.24, 2.45) is 0 Å². The van der Waals surface area contributed by atoms with E-state index in [1.807, 2.05) is 22.7 Å². The van der Waals surface area contributed by atoms with E-state index in [0.29, 0.717) is 0 Å². The number of hydrogen-bond donors (Lipinski definition) is 0. The molecule has 0 atom stereocenters. The molecule has 0 aliphatic rings. The maximum atomic E-state index is 2.49. The van der Waals surface area contributed by atoms with Crippen LogP contribution in [0, 0.1) is 0 Å². The van der Waals surface area contributed by atoms with E-state index in [1.165, 1.54) is 90.5 Å². The Hall–Kier alpha value is -6.78. The van der Waals surface area contributed by atoms with E-state index < -0.39 is 0 Å². The highest BCUT2D eigenvalue weighted by Gasteiger charge is 2.22. The zero-order chi connectivity index (χ0) is 37.7. The predicted octanol–water partition coefficient (Wildman–Crippen LogP) is 16.6. The first-order valence-corrected chi connectivity index (χ1v) is 21.0. The number of nitrogens with zero attached hydrogens (tertiary/aromatic N) is 1. The average molecular weight is 762 g/mol. The Morgan fingerprint density at radius 1 is 0.298 bits per heavy atom.